The quantitative estimate of drug-likeness (QED) is 0.223. The van der Waals surface area contributed by atoms with E-state index in [1.807, 2.05) is 0 Å². The molecule has 0 spiro atoms. The lowest BCUT2D eigenvalue weighted by Crippen LogP contribution is -2.33. The maximum atomic E-state index is 13.9. The van der Waals surface area contributed by atoms with E-state index in [0.29, 0.717) is 31.1 Å². The number of carbonyl (C=O) groups is 3. The van der Waals surface area contributed by atoms with Crippen LogP contribution < -0.4 is 19.8 Å². The number of hydrogen-bond donors (Lipinski definition) is 2. The molecule has 2 N–H and O–H groups in total. The Balaban J connectivity index is 1.30. The lowest BCUT2D eigenvalue weighted by molar-refractivity contribution is -0.137. The van der Waals surface area contributed by atoms with E-state index in [1.54, 1.807) is 30.3 Å². The summed E-state index contributed by atoms with van der Waals surface area (Å²) in [5, 5.41) is 2.50. The molecule has 6 rings (SSSR count). The molecule has 44 heavy (non-hydrogen) atoms. The van der Waals surface area contributed by atoms with Crippen LogP contribution in [0.25, 0.3) is 0 Å². The Morgan fingerprint density at radius 3 is 2.50 bits per heavy atom. The van der Waals surface area contributed by atoms with Gasteiger partial charge in [0.15, 0.2) is 6.61 Å². The molecule has 226 valence electrons. The van der Waals surface area contributed by atoms with Crippen molar-refractivity contribution in [1.82, 2.24) is 4.98 Å². The van der Waals surface area contributed by atoms with Gasteiger partial charge >= 0.3 is 11.0 Å². The Morgan fingerprint density at radius 2 is 1.75 bits per heavy atom. The normalized spacial score (nSPS) is 19.5. The Bertz CT molecular complexity index is 1880. The van der Waals surface area contributed by atoms with Crippen LogP contribution >= 0.6 is 46.3 Å². The molecule has 2 aliphatic rings. The third kappa shape index (κ3) is 5.60. The van der Waals surface area contributed by atoms with Gasteiger partial charge < -0.3 is 15.0 Å². The second-order valence-corrected chi connectivity index (χ2v) is 12.8. The number of fused-ring (bicyclic) bond motifs is 2. The van der Waals surface area contributed by atoms with Crippen LogP contribution in [0.5, 0.6) is 5.75 Å². The first-order chi connectivity index (χ1) is 20.9. The predicted octanol–water partition coefficient (Wildman–Crippen LogP) is 6.58. The number of thioether (sulfide) groups is 1. The monoisotopic (exact) mass is 679 g/mol. The van der Waals surface area contributed by atoms with Crippen molar-refractivity contribution >= 4 is 75.4 Å². The molecule has 0 radical (unpaired) electrons. The minimum absolute atomic E-state index is 0.252. The van der Waals surface area contributed by atoms with Crippen LogP contribution in [0.15, 0.2) is 76.6 Å². The largest absolute Gasteiger partial charge is 0.484 e. The van der Waals surface area contributed by atoms with E-state index in [2.05, 4.69) is 10.3 Å². The van der Waals surface area contributed by atoms with E-state index in [0.717, 1.165) is 35.2 Å². The Morgan fingerprint density at radius 1 is 0.977 bits per heavy atom. The number of rotatable bonds is 6. The summed E-state index contributed by atoms with van der Waals surface area (Å²) in [6.07, 6.45) is -4.81. The number of nitrogens with one attached hydrogen (secondary N) is 2. The number of H-pyrrole nitrogens is 1. The van der Waals surface area contributed by atoms with Crippen LogP contribution in [-0.2, 0) is 20.6 Å². The van der Waals surface area contributed by atoms with Gasteiger partial charge in [0.1, 0.15) is 11.0 Å². The van der Waals surface area contributed by atoms with Crippen LogP contribution in [0.3, 0.4) is 0 Å². The standard InChI is InChI=1S/C29H18Cl2F3N3O5S2/c30-17-9-8-14(11-18(17)31)35-20(38)12-42-15-5-3-4-13(10-15)21-22-24(43-25-23(21)44-28(41)36-25)27(40)37(26(22)39)19-7-2-1-6-16(19)29(32,33)34/h1-11,21-22,24H,12H2,(H,35,38)(H,36,41). The van der Waals surface area contributed by atoms with Crippen molar-refractivity contribution in [3.8, 4) is 5.75 Å². The van der Waals surface area contributed by atoms with Crippen LogP contribution in [-0.4, -0.2) is 34.6 Å². The highest BCUT2D eigenvalue weighted by Crippen LogP contribution is 2.54. The second kappa shape index (κ2) is 11.6. The first kappa shape index (κ1) is 30.3. The van der Waals surface area contributed by atoms with Gasteiger partial charge in [0, 0.05) is 16.5 Å². The summed E-state index contributed by atoms with van der Waals surface area (Å²) in [6.45, 7) is -0.390. The smallest absolute Gasteiger partial charge is 0.418 e. The Labute approximate surface area is 265 Å². The van der Waals surface area contributed by atoms with Crippen LogP contribution in [0.2, 0.25) is 10.0 Å². The minimum Gasteiger partial charge on any atom is -0.484 e. The van der Waals surface area contributed by atoms with Crippen LogP contribution in [0.1, 0.15) is 21.9 Å². The number of ether oxygens (including phenoxy) is 1. The van der Waals surface area contributed by atoms with Gasteiger partial charge in [-0.1, -0.05) is 70.6 Å². The number of nitrogens with zero attached hydrogens (tertiary/aromatic N) is 1. The highest BCUT2D eigenvalue weighted by atomic mass is 35.5. The number of alkyl halides is 3. The zero-order valence-electron chi connectivity index (χ0n) is 22.0. The number of anilines is 2. The second-order valence-electron chi connectivity index (χ2n) is 9.81. The third-order valence-corrected chi connectivity index (χ3v) is 10.2. The van der Waals surface area contributed by atoms with Gasteiger partial charge in [-0.3, -0.25) is 19.2 Å². The van der Waals surface area contributed by atoms with E-state index in [1.165, 1.54) is 24.3 Å². The summed E-state index contributed by atoms with van der Waals surface area (Å²) in [5.74, 6) is -3.83. The molecule has 1 fully saturated rings. The summed E-state index contributed by atoms with van der Waals surface area (Å²) in [4.78, 5) is 55.7. The fourth-order valence-electron chi connectivity index (χ4n) is 5.24. The van der Waals surface area contributed by atoms with Crippen LogP contribution in [0, 0.1) is 5.92 Å². The van der Waals surface area contributed by atoms with Crippen molar-refractivity contribution in [2.75, 3.05) is 16.8 Å². The van der Waals surface area contributed by atoms with E-state index in [-0.39, 0.29) is 10.8 Å². The molecule has 8 nitrogen and oxygen atoms in total. The van der Waals surface area contributed by atoms with E-state index >= 15 is 0 Å². The molecular formula is C29H18Cl2F3N3O5S2. The van der Waals surface area contributed by atoms with Gasteiger partial charge in [0.25, 0.3) is 5.91 Å². The van der Waals surface area contributed by atoms with Crippen LogP contribution in [0.4, 0.5) is 24.5 Å². The molecule has 3 atom stereocenters. The van der Waals surface area contributed by atoms with Gasteiger partial charge in [-0.25, -0.2) is 4.90 Å². The molecule has 1 aromatic heterocycles. The predicted molar refractivity (Wildman–Crippen MR) is 161 cm³/mol. The molecule has 3 amide bonds. The summed E-state index contributed by atoms with van der Waals surface area (Å²) in [6, 6.07) is 15.4. The van der Waals surface area contributed by atoms with Gasteiger partial charge in [0.05, 0.1) is 32.2 Å². The molecule has 15 heteroatoms. The summed E-state index contributed by atoms with van der Waals surface area (Å²) in [5.41, 5.74) is -0.778. The van der Waals surface area contributed by atoms with Crippen molar-refractivity contribution in [1.29, 1.82) is 0 Å². The lowest BCUT2D eigenvalue weighted by Gasteiger charge is -2.30. The molecule has 0 saturated carbocycles. The van der Waals surface area contributed by atoms with Gasteiger partial charge in [-0.15, -0.1) is 0 Å². The first-order valence-corrected chi connectivity index (χ1v) is 15.3. The van der Waals surface area contributed by atoms with Crippen molar-refractivity contribution < 1.29 is 32.3 Å². The molecular weight excluding hydrogens is 662 g/mol. The highest BCUT2D eigenvalue weighted by Gasteiger charge is 2.57. The average molecular weight is 681 g/mol. The van der Waals surface area contributed by atoms with Gasteiger partial charge in [-0.05, 0) is 48.0 Å². The maximum absolute atomic E-state index is 13.9. The van der Waals surface area contributed by atoms with Crippen molar-refractivity contribution in [2.24, 2.45) is 5.92 Å². The van der Waals surface area contributed by atoms with E-state index in [4.69, 9.17) is 27.9 Å². The SMILES string of the molecule is O=C(COc1cccc(C2c3sc(=O)[nH]c3SC3C(=O)N(c4ccccc4C(F)(F)F)C(=O)C32)c1)Nc1ccc(Cl)c(Cl)c1. The van der Waals surface area contributed by atoms with E-state index < -0.39 is 63.7 Å². The number of aromatic amines is 1. The minimum atomic E-state index is -4.81. The fraction of sp³-hybridized carbons (Fsp3) is 0.172. The molecule has 0 bridgehead atoms. The van der Waals surface area contributed by atoms with Crippen molar-refractivity contribution in [2.45, 2.75) is 22.4 Å². The number of aromatic nitrogens is 1. The highest BCUT2D eigenvalue weighted by molar-refractivity contribution is 8.00. The Hall–Kier alpha value is -3.78. The zero-order chi connectivity index (χ0) is 31.3. The molecule has 3 unspecified atom stereocenters. The molecule has 4 aromatic rings. The number of amides is 3. The topological polar surface area (TPSA) is 109 Å². The number of halogens is 5. The first-order valence-electron chi connectivity index (χ1n) is 12.8. The number of carbonyl (C=O) groups excluding carboxylic acids is 3. The summed E-state index contributed by atoms with van der Waals surface area (Å²) < 4.78 is 47.3. The number of para-hydroxylation sites is 1. The fourth-order valence-corrected chi connectivity index (χ4v) is 8.05. The number of imide groups is 1. The zero-order valence-corrected chi connectivity index (χ0v) is 25.1. The van der Waals surface area contributed by atoms with Crippen molar-refractivity contribution in [3.05, 3.63) is 102 Å². The Kier molecular flexibility index (Phi) is 7.99. The van der Waals surface area contributed by atoms with Gasteiger partial charge in [0.2, 0.25) is 11.8 Å². The number of hydrogen-bond acceptors (Lipinski definition) is 7. The average Bonchev–Trinajstić information content (AvgIpc) is 3.47. The number of benzene rings is 3. The molecule has 0 aliphatic carbocycles. The summed E-state index contributed by atoms with van der Waals surface area (Å²) in [7, 11) is 0. The summed E-state index contributed by atoms with van der Waals surface area (Å²) >= 11 is 13.7. The molecule has 3 aromatic carbocycles. The number of thiazole rings is 1. The molecule has 3 heterocycles. The van der Waals surface area contributed by atoms with Gasteiger partial charge in [-0.2, -0.15) is 13.2 Å². The van der Waals surface area contributed by atoms with Crippen molar-refractivity contribution in [3.63, 3.8) is 0 Å². The maximum Gasteiger partial charge on any atom is 0.418 e. The lowest BCUT2D eigenvalue weighted by atomic mass is 9.83. The third-order valence-electron chi connectivity index (χ3n) is 7.06. The molecule has 2 aliphatic heterocycles. The van der Waals surface area contributed by atoms with E-state index in [9.17, 15) is 32.3 Å². The molecule has 1 saturated heterocycles.